The Morgan fingerprint density at radius 1 is 0.852 bits per heavy atom. The van der Waals surface area contributed by atoms with Gasteiger partial charge in [-0.3, -0.25) is 0 Å². The number of carbonyl (C=O) groups is 1. The number of para-hydroxylation sites is 1. The van der Waals surface area contributed by atoms with Gasteiger partial charge in [-0.1, -0.05) is 42.5 Å². The Labute approximate surface area is 310 Å². The largest absolute Gasteiger partial charge is 0.497 e. The number of methoxy groups -OCH3 is 2. The van der Waals surface area contributed by atoms with E-state index in [4.69, 9.17) is 24.4 Å². The number of fused-ring (bicyclic) bond motifs is 1. The van der Waals surface area contributed by atoms with Crippen molar-refractivity contribution in [2.24, 2.45) is 5.73 Å². The quantitative estimate of drug-likeness (QED) is 0.120. The maximum atomic E-state index is 14.6. The fourth-order valence-electron chi connectivity index (χ4n) is 5.50. The molecule has 6 aromatic rings. The number of aromatic nitrogens is 5. The first-order valence-corrected chi connectivity index (χ1v) is 19.4. The molecule has 0 bridgehead atoms. The van der Waals surface area contributed by atoms with Crippen LogP contribution in [0.4, 0.5) is 0 Å². The summed E-state index contributed by atoms with van der Waals surface area (Å²) in [4.78, 5) is 17.0. The summed E-state index contributed by atoms with van der Waals surface area (Å²) in [5.74, 6) is -0.148. The maximum Gasteiger partial charge on any atom is 0.394 e. The highest BCUT2D eigenvalue weighted by atomic mass is 32.2. The summed E-state index contributed by atoms with van der Waals surface area (Å²) in [6.07, 6.45) is 0. The summed E-state index contributed by atoms with van der Waals surface area (Å²) >= 11 is 0. The third-order valence-electron chi connectivity index (χ3n) is 8.06. The topological polar surface area (TPSA) is 233 Å². The molecule has 19 heteroatoms. The van der Waals surface area contributed by atoms with Gasteiger partial charge in [0.2, 0.25) is 25.9 Å². The lowest BCUT2D eigenvalue weighted by molar-refractivity contribution is 0.0483. The number of esters is 1. The van der Waals surface area contributed by atoms with E-state index in [0.29, 0.717) is 17.1 Å². The van der Waals surface area contributed by atoms with Gasteiger partial charge in [-0.25, -0.2) is 36.1 Å². The molecular formula is C35H36N8O9S2. The molecule has 6 rings (SSSR count). The van der Waals surface area contributed by atoms with E-state index < -0.39 is 35.8 Å². The van der Waals surface area contributed by atoms with E-state index in [1.807, 2.05) is 0 Å². The molecule has 2 aromatic heterocycles. The van der Waals surface area contributed by atoms with E-state index in [2.05, 4.69) is 29.8 Å². The van der Waals surface area contributed by atoms with Crippen molar-refractivity contribution in [3.05, 3.63) is 95.9 Å². The SMILES string of the molecule is CCOC(=O)c1nc2c(-c3ccc(S(=O)(=O)NCCN)c(S(=O)(=O)NCc4ccc(OC)cc4)c3-c3nnn(Cc4ccc(OC)cc4)n3)cccc2o1. The Balaban J connectivity index is 1.59. The summed E-state index contributed by atoms with van der Waals surface area (Å²) < 4.78 is 83.0. The van der Waals surface area contributed by atoms with Crippen molar-refractivity contribution >= 4 is 37.1 Å². The Kier molecular flexibility index (Phi) is 11.3. The molecule has 0 saturated heterocycles. The molecule has 0 unspecified atom stereocenters. The average molecular weight is 777 g/mol. The summed E-state index contributed by atoms with van der Waals surface area (Å²) in [6.45, 7) is 1.39. The van der Waals surface area contributed by atoms with Crippen LogP contribution in [0, 0.1) is 0 Å². The lowest BCUT2D eigenvalue weighted by atomic mass is 9.98. The Bertz CT molecular complexity index is 2500. The summed E-state index contributed by atoms with van der Waals surface area (Å²) in [5.41, 5.74) is 7.52. The number of nitrogens with one attached hydrogen (secondary N) is 2. The number of rotatable bonds is 16. The van der Waals surface area contributed by atoms with Gasteiger partial charge in [0.05, 0.1) is 32.9 Å². The standard InChI is InChI=1S/C35H36N8O9S2/c1-4-51-35(44)34-39-31-27(6-5-7-28(31)52-34)26-16-17-29(53(45,46)37-19-18-36)32(54(47,48)38-20-22-8-12-24(49-2)13-9-22)30(26)33-40-42-43(41-33)21-23-10-14-25(50-3)15-11-23/h5-17,37-38H,4,18-21,36H2,1-3H3. The molecule has 0 aliphatic rings. The predicted molar refractivity (Wildman–Crippen MR) is 196 cm³/mol. The van der Waals surface area contributed by atoms with E-state index in [0.717, 1.165) is 11.6 Å². The highest BCUT2D eigenvalue weighted by molar-refractivity contribution is 7.92. The van der Waals surface area contributed by atoms with Gasteiger partial charge < -0.3 is 24.4 Å². The van der Waals surface area contributed by atoms with Crippen LogP contribution in [0.5, 0.6) is 11.5 Å². The van der Waals surface area contributed by atoms with E-state index in [1.54, 1.807) is 80.8 Å². The number of sulfonamides is 2. The van der Waals surface area contributed by atoms with Crippen LogP contribution < -0.4 is 24.7 Å². The molecule has 0 saturated carbocycles. The molecule has 54 heavy (non-hydrogen) atoms. The van der Waals surface area contributed by atoms with Gasteiger partial charge >= 0.3 is 11.9 Å². The van der Waals surface area contributed by atoms with Crippen molar-refractivity contribution < 1.29 is 40.3 Å². The van der Waals surface area contributed by atoms with Crippen LogP contribution in [0.2, 0.25) is 0 Å². The molecule has 0 fully saturated rings. The minimum Gasteiger partial charge on any atom is -0.497 e. The first-order chi connectivity index (χ1) is 26.0. The summed E-state index contributed by atoms with van der Waals surface area (Å²) in [7, 11) is -6.19. The molecule has 2 heterocycles. The van der Waals surface area contributed by atoms with E-state index in [-0.39, 0.29) is 72.3 Å². The fourth-order valence-corrected chi connectivity index (χ4v) is 8.60. The number of hydrogen-bond donors (Lipinski definition) is 3. The van der Waals surface area contributed by atoms with Gasteiger partial charge in [0.15, 0.2) is 5.58 Å². The lowest BCUT2D eigenvalue weighted by Crippen LogP contribution is -2.32. The third-order valence-corrected chi connectivity index (χ3v) is 11.2. The Hall–Kier alpha value is -5.73. The molecule has 4 aromatic carbocycles. The number of carbonyl (C=O) groups excluding carboxylic acids is 1. The fraction of sp³-hybridized carbons (Fsp3) is 0.229. The molecule has 0 aliphatic carbocycles. The van der Waals surface area contributed by atoms with Crippen molar-refractivity contribution in [2.75, 3.05) is 33.9 Å². The molecule has 0 amide bonds. The first-order valence-electron chi connectivity index (χ1n) is 16.5. The Morgan fingerprint density at radius 2 is 1.54 bits per heavy atom. The van der Waals surface area contributed by atoms with E-state index >= 15 is 0 Å². The van der Waals surface area contributed by atoms with Crippen LogP contribution >= 0.6 is 0 Å². The molecule has 282 valence electrons. The maximum absolute atomic E-state index is 14.6. The zero-order chi connectivity index (χ0) is 38.5. The van der Waals surface area contributed by atoms with Crippen molar-refractivity contribution in [3.63, 3.8) is 0 Å². The van der Waals surface area contributed by atoms with Crippen LogP contribution in [-0.2, 0) is 37.9 Å². The van der Waals surface area contributed by atoms with Crippen molar-refractivity contribution in [1.82, 2.24) is 34.6 Å². The molecule has 0 spiro atoms. The number of oxazole rings is 1. The number of ether oxygens (including phenoxy) is 3. The molecule has 4 N–H and O–H groups in total. The van der Waals surface area contributed by atoms with Crippen LogP contribution in [-0.4, -0.2) is 81.9 Å². The molecular weight excluding hydrogens is 741 g/mol. The highest BCUT2D eigenvalue weighted by Gasteiger charge is 2.35. The molecule has 17 nitrogen and oxygen atoms in total. The average Bonchev–Trinajstić information content (AvgIpc) is 3.84. The van der Waals surface area contributed by atoms with Gasteiger partial charge in [0.25, 0.3) is 0 Å². The number of nitrogens with two attached hydrogens (primary N) is 1. The number of tetrazole rings is 1. The number of nitrogens with zero attached hydrogens (tertiary/aromatic N) is 5. The molecule has 0 radical (unpaired) electrons. The predicted octanol–water partition coefficient (Wildman–Crippen LogP) is 3.11. The second-order valence-corrected chi connectivity index (χ2v) is 15.0. The van der Waals surface area contributed by atoms with Crippen molar-refractivity contribution in [1.29, 1.82) is 0 Å². The minimum atomic E-state index is -4.73. The molecule has 0 aliphatic heterocycles. The van der Waals surface area contributed by atoms with Crippen LogP contribution in [0.15, 0.2) is 93.1 Å². The minimum absolute atomic E-state index is 0.0554. The second-order valence-electron chi connectivity index (χ2n) is 11.6. The third kappa shape index (κ3) is 8.09. The zero-order valence-electron chi connectivity index (χ0n) is 29.3. The van der Waals surface area contributed by atoms with Gasteiger partial charge in [-0.15, -0.1) is 10.2 Å². The number of hydrogen-bond acceptors (Lipinski definition) is 14. The van der Waals surface area contributed by atoms with Gasteiger partial charge in [-0.05, 0) is 65.2 Å². The van der Waals surface area contributed by atoms with Crippen molar-refractivity contribution in [2.45, 2.75) is 29.8 Å². The first kappa shape index (κ1) is 38.0. The lowest BCUT2D eigenvalue weighted by Gasteiger charge is -2.18. The smallest absolute Gasteiger partial charge is 0.394 e. The van der Waals surface area contributed by atoms with Crippen LogP contribution in [0.1, 0.15) is 28.7 Å². The van der Waals surface area contributed by atoms with Gasteiger partial charge in [0, 0.05) is 25.2 Å². The van der Waals surface area contributed by atoms with Crippen LogP contribution in [0.3, 0.4) is 0 Å². The number of benzene rings is 4. The normalized spacial score (nSPS) is 11.9. The monoisotopic (exact) mass is 776 g/mol. The Morgan fingerprint density at radius 3 is 2.19 bits per heavy atom. The molecule has 0 atom stereocenters. The summed E-state index contributed by atoms with van der Waals surface area (Å²) in [5, 5.41) is 13.0. The van der Waals surface area contributed by atoms with Crippen LogP contribution in [0.25, 0.3) is 33.6 Å². The highest BCUT2D eigenvalue weighted by Crippen LogP contribution is 2.41. The van der Waals surface area contributed by atoms with Gasteiger partial charge in [-0.2, -0.15) is 4.80 Å². The van der Waals surface area contributed by atoms with E-state index in [9.17, 15) is 21.6 Å². The second kappa shape index (κ2) is 16.1. The van der Waals surface area contributed by atoms with E-state index in [1.165, 1.54) is 18.0 Å². The van der Waals surface area contributed by atoms with Gasteiger partial charge in [0.1, 0.15) is 26.8 Å². The zero-order valence-corrected chi connectivity index (χ0v) is 31.0. The summed E-state index contributed by atoms with van der Waals surface area (Å²) in [6, 6.07) is 21.1. The van der Waals surface area contributed by atoms with Crippen molar-refractivity contribution in [3.8, 4) is 34.0 Å².